The van der Waals surface area contributed by atoms with E-state index in [1.54, 1.807) is 7.11 Å². The van der Waals surface area contributed by atoms with Crippen molar-refractivity contribution in [3.05, 3.63) is 29.3 Å². The SMILES string of the molecule is COc1ccc(C(C)C)cc1C1(O)CCC1. The van der Waals surface area contributed by atoms with E-state index in [4.69, 9.17) is 4.74 Å². The van der Waals surface area contributed by atoms with E-state index in [0.717, 1.165) is 30.6 Å². The van der Waals surface area contributed by atoms with E-state index in [1.165, 1.54) is 5.56 Å². The maximum Gasteiger partial charge on any atom is 0.124 e. The van der Waals surface area contributed by atoms with E-state index < -0.39 is 5.60 Å². The smallest absolute Gasteiger partial charge is 0.124 e. The first-order valence-corrected chi connectivity index (χ1v) is 5.97. The van der Waals surface area contributed by atoms with E-state index in [2.05, 4.69) is 26.0 Å². The number of hydrogen-bond donors (Lipinski definition) is 1. The van der Waals surface area contributed by atoms with Crippen LogP contribution in [0.15, 0.2) is 18.2 Å². The summed E-state index contributed by atoms with van der Waals surface area (Å²) in [7, 11) is 1.66. The van der Waals surface area contributed by atoms with Gasteiger partial charge in [0.2, 0.25) is 0 Å². The van der Waals surface area contributed by atoms with Crippen LogP contribution in [0.25, 0.3) is 0 Å². The molecule has 2 rings (SSSR count). The summed E-state index contributed by atoms with van der Waals surface area (Å²) in [5, 5.41) is 10.4. The Morgan fingerprint density at radius 1 is 1.31 bits per heavy atom. The van der Waals surface area contributed by atoms with Gasteiger partial charge in [0.15, 0.2) is 0 Å². The summed E-state index contributed by atoms with van der Waals surface area (Å²) >= 11 is 0. The number of benzene rings is 1. The molecule has 0 atom stereocenters. The molecule has 0 bridgehead atoms. The predicted octanol–water partition coefficient (Wildman–Crippen LogP) is 3.19. The summed E-state index contributed by atoms with van der Waals surface area (Å²) in [5.41, 5.74) is 1.58. The van der Waals surface area contributed by atoms with Crippen LogP contribution < -0.4 is 4.74 Å². The molecule has 1 aromatic carbocycles. The Bertz CT molecular complexity index is 378. The third-order valence-corrected chi connectivity index (χ3v) is 3.57. The van der Waals surface area contributed by atoms with Crippen LogP contribution in [0.4, 0.5) is 0 Å². The quantitative estimate of drug-likeness (QED) is 0.847. The number of methoxy groups -OCH3 is 1. The second-order valence-electron chi connectivity index (χ2n) is 5.00. The van der Waals surface area contributed by atoms with Gasteiger partial charge in [0.05, 0.1) is 12.7 Å². The van der Waals surface area contributed by atoms with Gasteiger partial charge in [0.25, 0.3) is 0 Å². The summed E-state index contributed by atoms with van der Waals surface area (Å²) in [6.07, 6.45) is 2.81. The molecule has 0 radical (unpaired) electrons. The summed E-state index contributed by atoms with van der Waals surface area (Å²) in [4.78, 5) is 0. The zero-order valence-electron chi connectivity index (χ0n) is 10.3. The van der Waals surface area contributed by atoms with Crippen molar-refractivity contribution in [3.63, 3.8) is 0 Å². The van der Waals surface area contributed by atoms with Gasteiger partial charge in [-0.05, 0) is 42.9 Å². The Balaban J connectivity index is 2.43. The molecular weight excluding hydrogens is 200 g/mol. The molecule has 0 amide bonds. The molecule has 1 aromatic rings. The molecule has 1 fully saturated rings. The van der Waals surface area contributed by atoms with Crippen molar-refractivity contribution >= 4 is 0 Å². The average Bonchev–Trinajstić information content (AvgIpc) is 2.25. The molecule has 1 aliphatic rings. The molecule has 1 N–H and O–H groups in total. The zero-order valence-corrected chi connectivity index (χ0v) is 10.3. The summed E-state index contributed by atoms with van der Waals surface area (Å²) in [6, 6.07) is 6.15. The first kappa shape index (κ1) is 11.5. The number of ether oxygens (including phenoxy) is 1. The largest absolute Gasteiger partial charge is 0.496 e. The Morgan fingerprint density at radius 3 is 2.44 bits per heavy atom. The minimum Gasteiger partial charge on any atom is -0.496 e. The van der Waals surface area contributed by atoms with Crippen LogP contribution in [-0.4, -0.2) is 12.2 Å². The van der Waals surface area contributed by atoms with Gasteiger partial charge in [-0.1, -0.05) is 19.9 Å². The summed E-state index contributed by atoms with van der Waals surface area (Å²) < 4.78 is 5.34. The van der Waals surface area contributed by atoms with Crippen LogP contribution in [-0.2, 0) is 5.60 Å². The molecule has 88 valence electrons. The Morgan fingerprint density at radius 2 is 2.00 bits per heavy atom. The highest BCUT2D eigenvalue weighted by molar-refractivity contribution is 5.43. The van der Waals surface area contributed by atoms with Crippen LogP contribution in [0, 0.1) is 0 Å². The van der Waals surface area contributed by atoms with Gasteiger partial charge in [0.1, 0.15) is 5.75 Å². The van der Waals surface area contributed by atoms with E-state index in [9.17, 15) is 5.11 Å². The molecule has 16 heavy (non-hydrogen) atoms. The molecule has 0 heterocycles. The van der Waals surface area contributed by atoms with Crippen molar-refractivity contribution < 1.29 is 9.84 Å². The topological polar surface area (TPSA) is 29.5 Å². The molecule has 1 saturated carbocycles. The van der Waals surface area contributed by atoms with Crippen LogP contribution in [0.3, 0.4) is 0 Å². The first-order valence-electron chi connectivity index (χ1n) is 5.97. The molecule has 2 heteroatoms. The first-order chi connectivity index (χ1) is 7.57. The maximum atomic E-state index is 10.4. The second-order valence-corrected chi connectivity index (χ2v) is 5.00. The predicted molar refractivity (Wildman–Crippen MR) is 64.8 cm³/mol. The van der Waals surface area contributed by atoms with Gasteiger partial charge in [0, 0.05) is 5.56 Å². The van der Waals surface area contributed by atoms with Crippen LogP contribution in [0.5, 0.6) is 5.75 Å². The van der Waals surface area contributed by atoms with Crippen molar-refractivity contribution in [2.75, 3.05) is 7.11 Å². The van der Waals surface area contributed by atoms with Crippen molar-refractivity contribution in [1.29, 1.82) is 0 Å². The molecular formula is C14H20O2. The van der Waals surface area contributed by atoms with Crippen molar-refractivity contribution in [2.24, 2.45) is 0 Å². The lowest BCUT2D eigenvalue weighted by Crippen LogP contribution is -2.34. The van der Waals surface area contributed by atoms with Crippen molar-refractivity contribution in [1.82, 2.24) is 0 Å². The lowest BCUT2D eigenvalue weighted by molar-refractivity contribution is -0.0405. The lowest BCUT2D eigenvalue weighted by atomic mass is 9.74. The van der Waals surface area contributed by atoms with E-state index in [0.29, 0.717) is 5.92 Å². The molecule has 0 saturated heterocycles. The lowest BCUT2D eigenvalue weighted by Gasteiger charge is -2.38. The highest BCUT2D eigenvalue weighted by Gasteiger charge is 2.38. The third kappa shape index (κ3) is 1.82. The normalized spacial score (nSPS) is 18.3. The van der Waals surface area contributed by atoms with Crippen LogP contribution in [0.2, 0.25) is 0 Å². The Labute approximate surface area is 97.3 Å². The fourth-order valence-corrected chi connectivity index (χ4v) is 2.23. The van der Waals surface area contributed by atoms with Gasteiger partial charge in [-0.3, -0.25) is 0 Å². The van der Waals surface area contributed by atoms with E-state index in [-0.39, 0.29) is 0 Å². The number of rotatable bonds is 3. The fourth-order valence-electron chi connectivity index (χ4n) is 2.23. The van der Waals surface area contributed by atoms with Crippen molar-refractivity contribution in [2.45, 2.75) is 44.6 Å². The Kier molecular flexibility index (Phi) is 2.94. The van der Waals surface area contributed by atoms with Crippen LogP contribution in [0.1, 0.15) is 50.2 Å². The number of hydrogen-bond acceptors (Lipinski definition) is 2. The average molecular weight is 220 g/mol. The highest BCUT2D eigenvalue weighted by Crippen LogP contribution is 2.45. The minimum atomic E-state index is -0.643. The maximum absolute atomic E-state index is 10.4. The van der Waals surface area contributed by atoms with Gasteiger partial charge in [-0.15, -0.1) is 0 Å². The molecule has 2 nitrogen and oxygen atoms in total. The van der Waals surface area contributed by atoms with E-state index in [1.807, 2.05) is 6.07 Å². The third-order valence-electron chi connectivity index (χ3n) is 3.57. The van der Waals surface area contributed by atoms with E-state index >= 15 is 0 Å². The monoisotopic (exact) mass is 220 g/mol. The second kappa shape index (κ2) is 4.10. The van der Waals surface area contributed by atoms with Gasteiger partial charge < -0.3 is 9.84 Å². The summed E-state index contributed by atoms with van der Waals surface area (Å²) in [5.74, 6) is 1.29. The zero-order chi connectivity index (χ0) is 11.8. The fraction of sp³-hybridized carbons (Fsp3) is 0.571. The standard InChI is InChI=1S/C14H20O2/c1-10(2)11-5-6-13(16-3)12(9-11)14(15)7-4-8-14/h5-6,9-10,15H,4,7-8H2,1-3H3. The van der Waals surface area contributed by atoms with Gasteiger partial charge >= 0.3 is 0 Å². The molecule has 0 spiro atoms. The molecule has 0 aromatic heterocycles. The van der Waals surface area contributed by atoms with Gasteiger partial charge in [-0.25, -0.2) is 0 Å². The van der Waals surface area contributed by atoms with Gasteiger partial charge in [-0.2, -0.15) is 0 Å². The molecule has 0 aliphatic heterocycles. The highest BCUT2D eigenvalue weighted by atomic mass is 16.5. The molecule has 1 aliphatic carbocycles. The Hall–Kier alpha value is -1.02. The number of aliphatic hydroxyl groups is 1. The molecule has 0 unspecified atom stereocenters. The van der Waals surface area contributed by atoms with Crippen molar-refractivity contribution in [3.8, 4) is 5.75 Å². The minimum absolute atomic E-state index is 0.480. The van der Waals surface area contributed by atoms with Crippen LogP contribution >= 0.6 is 0 Å². The summed E-state index contributed by atoms with van der Waals surface area (Å²) in [6.45, 7) is 4.33.